The van der Waals surface area contributed by atoms with E-state index in [9.17, 15) is 4.79 Å². The maximum absolute atomic E-state index is 10.9. The maximum Gasteiger partial charge on any atom is 0.346 e. The van der Waals surface area contributed by atoms with Gasteiger partial charge in [0.25, 0.3) is 0 Å². The first-order valence-electron chi connectivity index (χ1n) is 8.35. The molecule has 0 aliphatic rings. The molecule has 0 saturated heterocycles. The monoisotopic (exact) mass is 359 g/mol. The van der Waals surface area contributed by atoms with Gasteiger partial charge in [-0.1, -0.05) is 42.5 Å². The van der Waals surface area contributed by atoms with Crippen LogP contribution in [-0.4, -0.2) is 24.3 Å². The number of rotatable bonds is 7. The average molecular weight is 359 g/mol. The van der Waals surface area contributed by atoms with E-state index in [-0.39, 0.29) is 5.57 Å². The van der Waals surface area contributed by atoms with Crippen LogP contribution in [0.5, 0.6) is 11.5 Å². The van der Waals surface area contributed by atoms with Crippen molar-refractivity contribution in [2.45, 2.75) is 0 Å². The summed E-state index contributed by atoms with van der Waals surface area (Å²) in [5, 5.41) is 20.0. The summed E-state index contributed by atoms with van der Waals surface area (Å²) in [7, 11) is 0. The molecule has 0 atom stereocenters. The fourth-order valence-electron chi connectivity index (χ4n) is 2.58. The van der Waals surface area contributed by atoms with Gasteiger partial charge in [0.15, 0.2) is 0 Å². The molecule has 0 saturated carbocycles. The summed E-state index contributed by atoms with van der Waals surface area (Å²) in [5.74, 6) is 0.0928. The molecular formula is C22H17NO4. The van der Waals surface area contributed by atoms with Crippen LogP contribution < -0.4 is 9.47 Å². The molecule has 0 radical (unpaired) electrons. The highest BCUT2D eigenvalue weighted by atomic mass is 16.5. The lowest BCUT2D eigenvalue weighted by molar-refractivity contribution is -0.132. The number of ether oxygens (including phenoxy) is 2. The van der Waals surface area contributed by atoms with Crippen LogP contribution in [0, 0.1) is 11.3 Å². The Morgan fingerprint density at radius 3 is 2.33 bits per heavy atom. The van der Waals surface area contributed by atoms with Gasteiger partial charge in [0.05, 0.1) is 0 Å². The molecule has 3 rings (SSSR count). The number of fused-ring (bicyclic) bond motifs is 1. The summed E-state index contributed by atoms with van der Waals surface area (Å²) in [5.41, 5.74) is 0.258. The minimum atomic E-state index is -1.26. The molecule has 5 heteroatoms. The number of hydrogen-bond acceptors (Lipinski definition) is 4. The Balaban J connectivity index is 1.56. The fraction of sp³-hybridized carbons (Fsp3) is 0.0909. The van der Waals surface area contributed by atoms with Crippen molar-refractivity contribution in [2.75, 3.05) is 13.2 Å². The zero-order chi connectivity index (χ0) is 19.1. The standard InChI is InChI=1S/C22H17NO4/c23-15-19(22(24)25)12-16-4-3-7-20(13-16)26-10-11-27-21-9-8-17-5-1-2-6-18(17)14-21/h1-9,12-14H,10-11H2,(H,24,25). The average Bonchev–Trinajstić information content (AvgIpc) is 2.69. The molecule has 5 nitrogen and oxygen atoms in total. The van der Waals surface area contributed by atoms with Gasteiger partial charge in [-0.15, -0.1) is 0 Å². The quantitative estimate of drug-likeness (QED) is 0.387. The van der Waals surface area contributed by atoms with Gasteiger partial charge < -0.3 is 14.6 Å². The van der Waals surface area contributed by atoms with Gasteiger partial charge in [-0.25, -0.2) is 4.79 Å². The van der Waals surface area contributed by atoms with Crippen LogP contribution in [-0.2, 0) is 4.79 Å². The van der Waals surface area contributed by atoms with E-state index in [0.717, 1.165) is 16.5 Å². The Kier molecular flexibility index (Phi) is 5.70. The summed E-state index contributed by atoms with van der Waals surface area (Å²) in [6, 6.07) is 22.5. The van der Waals surface area contributed by atoms with Crippen molar-refractivity contribution in [1.82, 2.24) is 0 Å². The molecule has 0 unspecified atom stereocenters. The molecule has 134 valence electrons. The van der Waals surface area contributed by atoms with Gasteiger partial charge in [0.2, 0.25) is 0 Å². The van der Waals surface area contributed by atoms with Gasteiger partial charge in [-0.2, -0.15) is 5.26 Å². The van der Waals surface area contributed by atoms with Crippen LogP contribution in [0.15, 0.2) is 72.3 Å². The molecule has 0 aliphatic heterocycles. The molecule has 1 N–H and O–H groups in total. The normalized spacial score (nSPS) is 11.0. The lowest BCUT2D eigenvalue weighted by Gasteiger charge is -2.09. The van der Waals surface area contributed by atoms with Crippen molar-refractivity contribution in [1.29, 1.82) is 5.26 Å². The molecule has 3 aromatic rings. The van der Waals surface area contributed by atoms with Gasteiger partial charge in [0, 0.05) is 0 Å². The highest BCUT2D eigenvalue weighted by molar-refractivity contribution is 5.96. The zero-order valence-corrected chi connectivity index (χ0v) is 14.5. The van der Waals surface area contributed by atoms with E-state index < -0.39 is 5.97 Å². The summed E-state index contributed by atoms with van der Waals surface area (Å²) < 4.78 is 11.4. The van der Waals surface area contributed by atoms with Crippen molar-refractivity contribution in [2.24, 2.45) is 0 Å². The van der Waals surface area contributed by atoms with E-state index in [1.165, 1.54) is 6.08 Å². The Morgan fingerprint density at radius 2 is 1.63 bits per heavy atom. The number of hydrogen-bond donors (Lipinski definition) is 1. The smallest absolute Gasteiger partial charge is 0.346 e. The third-order valence-electron chi connectivity index (χ3n) is 3.86. The predicted molar refractivity (Wildman–Crippen MR) is 103 cm³/mol. The van der Waals surface area contributed by atoms with Crippen LogP contribution in [0.1, 0.15) is 5.56 Å². The lowest BCUT2D eigenvalue weighted by atomic mass is 10.1. The van der Waals surface area contributed by atoms with Gasteiger partial charge >= 0.3 is 5.97 Å². The van der Waals surface area contributed by atoms with Crippen LogP contribution in [0.4, 0.5) is 0 Å². The molecule has 0 heterocycles. The zero-order valence-electron chi connectivity index (χ0n) is 14.5. The van der Waals surface area contributed by atoms with Crippen LogP contribution in [0.25, 0.3) is 16.8 Å². The van der Waals surface area contributed by atoms with E-state index in [1.807, 2.05) is 42.5 Å². The third kappa shape index (κ3) is 4.86. The molecule has 0 bridgehead atoms. The predicted octanol–water partition coefficient (Wildman–Crippen LogP) is 4.29. The first kappa shape index (κ1) is 18.0. The first-order chi connectivity index (χ1) is 13.2. The second kappa shape index (κ2) is 8.54. The molecule has 0 amide bonds. The second-order valence-corrected chi connectivity index (χ2v) is 5.75. The minimum Gasteiger partial charge on any atom is -0.490 e. The third-order valence-corrected chi connectivity index (χ3v) is 3.86. The Hall–Kier alpha value is -3.78. The Bertz CT molecular complexity index is 1030. The Labute approximate surface area is 156 Å². The van der Waals surface area contributed by atoms with Gasteiger partial charge in [-0.05, 0) is 46.7 Å². The molecule has 3 aromatic carbocycles. The van der Waals surface area contributed by atoms with Crippen LogP contribution in [0.2, 0.25) is 0 Å². The van der Waals surface area contributed by atoms with Gasteiger partial charge in [0.1, 0.15) is 36.4 Å². The number of carboxylic acids is 1. The minimum absolute atomic E-state index is 0.327. The van der Waals surface area contributed by atoms with Crippen molar-refractivity contribution in [3.05, 3.63) is 77.9 Å². The highest BCUT2D eigenvalue weighted by Gasteiger charge is 2.06. The number of carbonyl (C=O) groups is 1. The van der Waals surface area contributed by atoms with E-state index in [0.29, 0.717) is 24.5 Å². The molecule has 0 aromatic heterocycles. The van der Waals surface area contributed by atoms with Gasteiger partial charge in [-0.3, -0.25) is 0 Å². The van der Waals surface area contributed by atoms with Crippen molar-refractivity contribution >= 4 is 22.8 Å². The summed E-state index contributed by atoms with van der Waals surface area (Å²) in [6.45, 7) is 0.709. The summed E-state index contributed by atoms with van der Waals surface area (Å²) >= 11 is 0. The first-order valence-corrected chi connectivity index (χ1v) is 8.35. The highest BCUT2D eigenvalue weighted by Crippen LogP contribution is 2.21. The largest absolute Gasteiger partial charge is 0.490 e. The maximum atomic E-state index is 10.9. The molecule has 27 heavy (non-hydrogen) atoms. The lowest BCUT2D eigenvalue weighted by Crippen LogP contribution is -2.09. The fourth-order valence-corrected chi connectivity index (χ4v) is 2.58. The molecule has 0 fully saturated rings. The number of carboxylic acid groups (broad SMARTS) is 1. The summed E-state index contributed by atoms with van der Waals surface area (Å²) in [6.07, 6.45) is 1.31. The topological polar surface area (TPSA) is 79.5 Å². The second-order valence-electron chi connectivity index (χ2n) is 5.75. The summed E-state index contributed by atoms with van der Waals surface area (Å²) in [4.78, 5) is 10.9. The number of aliphatic carboxylic acids is 1. The molecule has 0 spiro atoms. The number of nitrogens with zero attached hydrogens (tertiary/aromatic N) is 1. The van der Waals surface area contributed by atoms with E-state index >= 15 is 0 Å². The number of nitriles is 1. The Morgan fingerprint density at radius 1 is 0.926 bits per heavy atom. The van der Waals surface area contributed by atoms with Crippen molar-refractivity contribution in [3.8, 4) is 17.6 Å². The number of benzene rings is 3. The van der Waals surface area contributed by atoms with E-state index in [1.54, 1.807) is 30.3 Å². The molecular weight excluding hydrogens is 342 g/mol. The molecule has 0 aliphatic carbocycles. The van der Waals surface area contributed by atoms with Crippen LogP contribution in [0.3, 0.4) is 0 Å². The van der Waals surface area contributed by atoms with Crippen LogP contribution >= 0.6 is 0 Å². The van der Waals surface area contributed by atoms with Crippen molar-refractivity contribution < 1.29 is 19.4 Å². The van der Waals surface area contributed by atoms with Crippen molar-refractivity contribution in [3.63, 3.8) is 0 Å². The van der Waals surface area contributed by atoms with E-state index in [2.05, 4.69) is 0 Å². The SMILES string of the molecule is N#CC(=Cc1cccc(OCCOc2ccc3ccccc3c2)c1)C(=O)O. The van der Waals surface area contributed by atoms with E-state index in [4.69, 9.17) is 19.8 Å².